The van der Waals surface area contributed by atoms with E-state index in [1.165, 1.54) is 18.9 Å². The van der Waals surface area contributed by atoms with Crippen molar-refractivity contribution in [2.24, 2.45) is 5.14 Å². The van der Waals surface area contributed by atoms with Crippen molar-refractivity contribution in [1.82, 2.24) is 4.90 Å². The molecule has 6 nitrogen and oxygen atoms in total. The van der Waals surface area contributed by atoms with E-state index in [0.717, 1.165) is 43.5 Å². The lowest BCUT2D eigenvalue weighted by Crippen LogP contribution is -2.41. The molecule has 0 unspecified atom stereocenters. The first-order chi connectivity index (χ1) is 11.4. The Kier molecular flexibility index (Phi) is 6.48. The maximum Gasteiger partial charge on any atom is 0.380 e. The molecule has 136 valence electrons. The Bertz CT molecular complexity index is 659. The van der Waals surface area contributed by atoms with E-state index in [4.69, 9.17) is 5.14 Å². The molecule has 0 amide bonds. The van der Waals surface area contributed by atoms with Crippen molar-refractivity contribution in [3.63, 3.8) is 0 Å². The van der Waals surface area contributed by atoms with Crippen LogP contribution >= 0.6 is 0 Å². The van der Waals surface area contributed by atoms with Gasteiger partial charge in [0.1, 0.15) is 0 Å². The number of nitrogens with zero attached hydrogens (tertiary/aromatic N) is 1. The van der Waals surface area contributed by atoms with Gasteiger partial charge in [-0.15, -0.1) is 0 Å². The highest BCUT2D eigenvalue weighted by atomic mass is 32.2. The van der Waals surface area contributed by atoms with Crippen molar-refractivity contribution in [2.75, 3.05) is 13.1 Å². The second-order valence-corrected chi connectivity index (χ2v) is 7.52. The normalized spacial score (nSPS) is 19.4. The van der Waals surface area contributed by atoms with Crippen LogP contribution < -0.4 is 9.32 Å². The fourth-order valence-electron chi connectivity index (χ4n) is 3.56. The number of hydrogen-bond acceptors (Lipinski definition) is 5. The zero-order chi connectivity index (χ0) is 17.7. The molecule has 1 aromatic rings. The number of piperidine rings is 1. The highest BCUT2D eigenvalue weighted by Crippen LogP contribution is 2.35. The van der Waals surface area contributed by atoms with E-state index in [1.807, 2.05) is 13.0 Å². The molecule has 0 spiro atoms. The number of aromatic hydroxyl groups is 1. The molecule has 1 aliphatic heterocycles. The first-order valence-corrected chi connectivity index (χ1v) is 10.1. The van der Waals surface area contributed by atoms with Crippen molar-refractivity contribution in [3.05, 3.63) is 23.3 Å². The number of nitrogens with two attached hydrogens (primary N) is 1. The lowest BCUT2D eigenvalue weighted by atomic mass is 9.91. The quantitative estimate of drug-likeness (QED) is 0.782. The fraction of sp³-hybridized carbons (Fsp3) is 0.647. The van der Waals surface area contributed by atoms with Crippen molar-refractivity contribution in [3.8, 4) is 11.5 Å². The van der Waals surface area contributed by atoms with Gasteiger partial charge in [0.15, 0.2) is 11.5 Å². The zero-order valence-electron chi connectivity index (χ0n) is 14.5. The molecule has 1 aromatic carbocycles. The first kappa shape index (κ1) is 19.0. The van der Waals surface area contributed by atoms with Gasteiger partial charge in [0.2, 0.25) is 0 Å². The summed E-state index contributed by atoms with van der Waals surface area (Å²) in [5.41, 5.74) is 1.78. The van der Waals surface area contributed by atoms with Crippen molar-refractivity contribution >= 4 is 10.3 Å². The smallest absolute Gasteiger partial charge is 0.380 e. The first-order valence-electron chi connectivity index (χ1n) is 8.65. The summed E-state index contributed by atoms with van der Waals surface area (Å²) in [6.07, 6.45) is 6.20. The summed E-state index contributed by atoms with van der Waals surface area (Å²) in [7, 11) is -4.15. The summed E-state index contributed by atoms with van der Waals surface area (Å²) in [6, 6.07) is 3.80. The van der Waals surface area contributed by atoms with Gasteiger partial charge < -0.3 is 14.2 Å². The van der Waals surface area contributed by atoms with Gasteiger partial charge in [-0.2, -0.15) is 13.6 Å². The van der Waals surface area contributed by atoms with E-state index in [9.17, 15) is 13.5 Å². The number of hydrogen-bond donors (Lipinski definition) is 2. The van der Waals surface area contributed by atoms with E-state index in [-0.39, 0.29) is 11.5 Å². The minimum absolute atomic E-state index is 0.104. The highest BCUT2D eigenvalue weighted by molar-refractivity contribution is 7.84. The van der Waals surface area contributed by atoms with Crippen LogP contribution in [0.4, 0.5) is 0 Å². The molecular formula is C17H28N2O4S. The summed E-state index contributed by atoms with van der Waals surface area (Å²) in [6.45, 7) is 6.33. The molecule has 1 saturated heterocycles. The third-order valence-electron chi connectivity index (χ3n) is 4.62. The van der Waals surface area contributed by atoms with Gasteiger partial charge in [-0.3, -0.25) is 0 Å². The largest absolute Gasteiger partial charge is 0.504 e. The second kappa shape index (κ2) is 8.18. The van der Waals surface area contributed by atoms with Crippen LogP contribution in [0.3, 0.4) is 0 Å². The average Bonchev–Trinajstić information content (AvgIpc) is 2.51. The van der Waals surface area contributed by atoms with E-state index < -0.39 is 10.3 Å². The Morgan fingerprint density at radius 2 is 2.08 bits per heavy atom. The van der Waals surface area contributed by atoms with Crippen LogP contribution in [0.1, 0.15) is 50.7 Å². The van der Waals surface area contributed by atoms with E-state index >= 15 is 0 Å². The van der Waals surface area contributed by atoms with Crippen LogP contribution in [-0.4, -0.2) is 37.6 Å². The Labute approximate surface area is 144 Å². The predicted molar refractivity (Wildman–Crippen MR) is 94.4 cm³/mol. The predicted octanol–water partition coefficient (Wildman–Crippen LogP) is 2.34. The van der Waals surface area contributed by atoms with Gasteiger partial charge in [-0.05, 0) is 56.8 Å². The molecule has 2 rings (SSSR count). The Morgan fingerprint density at radius 3 is 2.71 bits per heavy atom. The third-order valence-corrected chi connectivity index (χ3v) is 5.03. The summed E-state index contributed by atoms with van der Waals surface area (Å²) >= 11 is 0. The van der Waals surface area contributed by atoms with Crippen LogP contribution in [0.15, 0.2) is 12.1 Å². The zero-order valence-corrected chi connectivity index (χ0v) is 15.3. The number of phenols is 1. The topological polar surface area (TPSA) is 92.9 Å². The monoisotopic (exact) mass is 356 g/mol. The standard InChI is InChI=1S/C17H28N2O4S/c1-3-10-19-11-6-5-7-14(19)12-13-8-9-16(23-24(18,21)22)17(20)15(13)4-2/h8-9,14,20H,3-7,10-12H2,1-2H3,(H2,18,21,22)/t14-/m0/s1. The lowest BCUT2D eigenvalue weighted by Gasteiger charge is -2.36. The minimum Gasteiger partial charge on any atom is -0.504 e. The van der Waals surface area contributed by atoms with Crippen molar-refractivity contribution < 1.29 is 17.7 Å². The summed E-state index contributed by atoms with van der Waals surface area (Å²) in [5.74, 6) is -0.228. The van der Waals surface area contributed by atoms with Gasteiger partial charge in [0.05, 0.1) is 0 Å². The molecular weight excluding hydrogens is 328 g/mol. The molecule has 1 aliphatic rings. The number of benzene rings is 1. The summed E-state index contributed by atoms with van der Waals surface area (Å²) in [4.78, 5) is 2.52. The SMILES string of the molecule is CCCN1CCCC[C@H]1Cc1ccc(OS(N)(=O)=O)c(O)c1CC. The minimum atomic E-state index is -4.15. The van der Waals surface area contributed by atoms with Gasteiger partial charge >= 0.3 is 10.3 Å². The molecule has 1 heterocycles. The molecule has 0 radical (unpaired) electrons. The molecule has 3 N–H and O–H groups in total. The fourth-order valence-corrected chi connectivity index (χ4v) is 3.95. The summed E-state index contributed by atoms with van der Waals surface area (Å²) < 4.78 is 26.9. The van der Waals surface area contributed by atoms with Gasteiger partial charge in [0, 0.05) is 11.6 Å². The molecule has 1 fully saturated rings. The molecule has 0 bridgehead atoms. The van der Waals surface area contributed by atoms with Crippen molar-refractivity contribution in [1.29, 1.82) is 0 Å². The molecule has 1 atom stereocenters. The van der Waals surface area contributed by atoms with Crippen LogP contribution in [0.25, 0.3) is 0 Å². The highest BCUT2D eigenvalue weighted by Gasteiger charge is 2.24. The van der Waals surface area contributed by atoms with E-state index in [2.05, 4.69) is 16.0 Å². The maximum atomic E-state index is 11.1. The molecule has 0 aromatic heterocycles. The van der Waals surface area contributed by atoms with Crippen LogP contribution in [0.5, 0.6) is 11.5 Å². The number of phenolic OH excluding ortho intramolecular Hbond substituents is 1. The van der Waals surface area contributed by atoms with Crippen LogP contribution in [-0.2, 0) is 23.1 Å². The van der Waals surface area contributed by atoms with Gasteiger partial charge in [-0.25, -0.2) is 0 Å². The van der Waals surface area contributed by atoms with Crippen LogP contribution in [0.2, 0.25) is 0 Å². The second-order valence-electron chi connectivity index (χ2n) is 6.37. The number of likely N-dealkylation sites (tertiary alicyclic amines) is 1. The molecule has 24 heavy (non-hydrogen) atoms. The van der Waals surface area contributed by atoms with Crippen molar-refractivity contribution in [2.45, 2.75) is 58.4 Å². The van der Waals surface area contributed by atoms with Crippen LogP contribution in [0, 0.1) is 0 Å². The lowest BCUT2D eigenvalue weighted by molar-refractivity contribution is 0.147. The van der Waals surface area contributed by atoms with Gasteiger partial charge in [-0.1, -0.05) is 26.3 Å². The van der Waals surface area contributed by atoms with E-state index in [1.54, 1.807) is 0 Å². The third kappa shape index (κ3) is 4.84. The Hall–Kier alpha value is -1.31. The number of rotatable bonds is 7. The van der Waals surface area contributed by atoms with E-state index in [0.29, 0.717) is 12.5 Å². The molecule has 0 aliphatic carbocycles. The van der Waals surface area contributed by atoms with Gasteiger partial charge in [0.25, 0.3) is 0 Å². The Morgan fingerprint density at radius 1 is 1.33 bits per heavy atom. The summed E-state index contributed by atoms with van der Waals surface area (Å²) in [5, 5.41) is 15.3. The average molecular weight is 356 g/mol. The Balaban J connectivity index is 2.25. The molecule has 0 saturated carbocycles. The molecule has 7 heteroatoms. The maximum absolute atomic E-state index is 11.1.